The van der Waals surface area contributed by atoms with Crippen molar-refractivity contribution in [3.8, 4) is 11.5 Å². The first-order valence-corrected chi connectivity index (χ1v) is 12.9. The molecule has 1 aromatic heterocycles. The second-order valence-corrected chi connectivity index (χ2v) is 9.77. The van der Waals surface area contributed by atoms with E-state index in [0.29, 0.717) is 17.1 Å². The molecule has 2 heterocycles. The van der Waals surface area contributed by atoms with Gasteiger partial charge < -0.3 is 14.6 Å². The van der Waals surface area contributed by atoms with E-state index in [9.17, 15) is 4.79 Å². The molecule has 0 bridgehead atoms. The number of nitrogens with one attached hydrogen (secondary N) is 1. The van der Waals surface area contributed by atoms with Crippen molar-refractivity contribution >= 4 is 16.8 Å². The molecule has 188 valence electrons. The van der Waals surface area contributed by atoms with Gasteiger partial charge in [0.1, 0.15) is 5.52 Å². The number of fused-ring (bicyclic) bond motifs is 1. The first-order chi connectivity index (χ1) is 18.2. The van der Waals surface area contributed by atoms with Gasteiger partial charge >= 0.3 is 0 Å². The van der Waals surface area contributed by atoms with E-state index in [1.165, 1.54) is 18.4 Å². The van der Waals surface area contributed by atoms with E-state index in [0.717, 1.165) is 43.0 Å². The Kier molecular flexibility index (Phi) is 6.71. The zero-order valence-corrected chi connectivity index (χ0v) is 20.6. The molecule has 1 amide bonds. The Balaban J connectivity index is 1.11. The summed E-state index contributed by atoms with van der Waals surface area (Å²) in [4.78, 5) is 33.6. The molecule has 0 spiro atoms. The van der Waals surface area contributed by atoms with Crippen LogP contribution in [0.15, 0.2) is 91.1 Å². The third-order valence-corrected chi connectivity index (χ3v) is 7.13. The minimum atomic E-state index is 0.0394. The fraction of sp³-hybridized carbons (Fsp3) is 0.267. The molecule has 1 saturated carbocycles. The van der Waals surface area contributed by atoms with Crippen molar-refractivity contribution in [1.29, 1.82) is 0 Å². The van der Waals surface area contributed by atoms with Crippen molar-refractivity contribution in [3.05, 3.63) is 102 Å². The van der Waals surface area contributed by atoms with Gasteiger partial charge in [0.25, 0.3) is 5.91 Å². The molecule has 0 radical (unpaired) electrons. The van der Waals surface area contributed by atoms with E-state index in [1.807, 2.05) is 53.4 Å². The number of piperazine rings is 1. The molecule has 37 heavy (non-hydrogen) atoms. The predicted octanol–water partition coefficient (Wildman–Crippen LogP) is 5.02. The molecule has 2 fully saturated rings. The number of aromatic nitrogens is 1. The van der Waals surface area contributed by atoms with Crippen LogP contribution in [-0.2, 0) is 0 Å². The number of rotatable bonds is 8. The van der Waals surface area contributed by atoms with Crippen LogP contribution in [-0.4, -0.2) is 46.9 Å². The summed E-state index contributed by atoms with van der Waals surface area (Å²) in [5.41, 5.74) is 5.10. The van der Waals surface area contributed by atoms with Crippen molar-refractivity contribution in [1.82, 2.24) is 20.4 Å². The highest BCUT2D eigenvalue weighted by Gasteiger charge is 2.34. The second kappa shape index (κ2) is 10.6. The van der Waals surface area contributed by atoms with E-state index < -0.39 is 0 Å². The van der Waals surface area contributed by atoms with Gasteiger partial charge in [-0.2, -0.15) is 0 Å². The first kappa shape index (κ1) is 23.5. The zero-order valence-electron chi connectivity index (χ0n) is 20.6. The smallest absolute Gasteiger partial charge is 0.254 e. The Morgan fingerprint density at radius 3 is 2.51 bits per heavy atom. The molecular formula is C30H30N4O3. The van der Waals surface area contributed by atoms with E-state index in [4.69, 9.17) is 9.68 Å². The number of carbonyl (C=O) groups is 1. The topological polar surface area (TPSA) is 66.9 Å². The van der Waals surface area contributed by atoms with Gasteiger partial charge in [-0.1, -0.05) is 48.5 Å². The average molecular weight is 495 g/mol. The third kappa shape index (κ3) is 5.43. The summed E-state index contributed by atoms with van der Waals surface area (Å²) in [5.74, 6) is 1.98. The zero-order chi connectivity index (χ0) is 25.0. The molecule has 1 aliphatic heterocycles. The highest BCUT2D eigenvalue weighted by Crippen LogP contribution is 2.33. The number of carbonyl (C=O) groups excluding carboxylic acids is 1. The van der Waals surface area contributed by atoms with Crippen LogP contribution in [0.1, 0.15) is 34.8 Å². The summed E-state index contributed by atoms with van der Waals surface area (Å²) in [6.07, 6.45) is 4.39. The van der Waals surface area contributed by atoms with Gasteiger partial charge in [-0.3, -0.25) is 14.7 Å². The number of pyridine rings is 1. The SMILES string of the molecule is O=C(c1ccc(ONOc2cccc3cccnc23)cc1)N1CCN(CC2CC2)C[C@@H]1c1ccccc1. The summed E-state index contributed by atoms with van der Waals surface area (Å²) in [6, 6.07) is 27.1. The predicted molar refractivity (Wildman–Crippen MR) is 142 cm³/mol. The van der Waals surface area contributed by atoms with E-state index in [1.54, 1.807) is 30.5 Å². The van der Waals surface area contributed by atoms with Crippen LogP contribution in [0, 0.1) is 5.92 Å². The molecule has 1 atom stereocenters. The van der Waals surface area contributed by atoms with Crippen LogP contribution in [0.3, 0.4) is 0 Å². The molecule has 2 aliphatic rings. The minimum absolute atomic E-state index is 0.0394. The summed E-state index contributed by atoms with van der Waals surface area (Å²) in [5, 5.41) is 0.979. The molecule has 0 unspecified atom stereocenters. The van der Waals surface area contributed by atoms with E-state index in [-0.39, 0.29) is 11.9 Å². The number of para-hydroxylation sites is 1. The number of hydrogen-bond donors (Lipinski definition) is 1. The molecule has 6 rings (SSSR count). The lowest BCUT2D eigenvalue weighted by molar-refractivity contribution is -0.0181. The van der Waals surface area contributed by atoms with Crippen LogP contribution < -0.4 is 15.3 Å². The molecule has 1 saturated heterocycles. The molecule has 1 aliphatic carbocycles. The Labute approximate surface area is 216 Å². The fourth-order valence-electron chi connectivity index (χ4n) is 4.98. The van der Waals surface area contributed by atoms with Gasteiger partial charge in [0.15, 0.2) is 11.5 Å². The van der Waals surface area contributed by atoms with Crippen molar-refractivity contribution in [3.63, 3.8) is 0 Å². The average Bonchev–Trinajstić information content (AvgIpc) is 3.78. The summed E-state index contributed by atoms with van der Waals surface area (Å²) in [6.45, 7) is 3.65. The van der Waals surface area contributed by atoms with E-state index in [2.05, 4.69) is 27.7 Å². The van der Waals surface area contributed by atoms with Gasteiger partial charge in [-0.05, 0) is 60.7 Å². The lowest BCUT2D eigenvalue weighted by Crippen LogP contribution is -2.51. The van der Waals surface area contributed by atoms with Crippen LogP contribution >= 0.6 is 0 Å². The van der Waals surface area contributed by atoms with Crippen LogP contribution in [0.5, 0.6) is 11.5 Å². The van der Waals surface area contributed by atoms with Crippen LogP contribution in [0.4, 0.5) is 0 Å². The highest BCUT2D eigenvalue weighted by molar-refractivity contribution is 5.94. The van der Waals surface area contributed by atoms with Crippen molar-refractivity contribution < 1.29 is 14.5 Å². The largest absolute Gasteiger partial charge is 0.374 e. The standard InChI is InChI=1S/C30H30N4O3/c35-30(34-19-18-33(20-22-11-12-22)21-27(34)23-6-2-1-3-7-23)25-13-15-26(16-14-25)36-32-37-28-10-4-8-24-9-5-17-31-29(24)28/h1-10,13-17,22,27,32H,11-12,18-21H2/t27-/m1/s1. The Morgan fingerprint density at radius 2 is 1.70 bits per heavy atom. The van der Waals surface area contributed by atoms with Gasteiger partial charge in [0.05, 0.1) is 6.04 Å². The summed E-state index contributed by atoms with van der Waals surface area (Å²) < 4.78 is 0. The van der Waals surface area contributed by atoms with Gasteiger partial charge in [-0.15, -0.1) is 0 Å². The van der Waals surface area contributed by atoms with Gasteiger partial charge in [-0.25, -0.2) is 0 Å². The van der Waals surface area contributed by atoms with Crippen molar-refractivity contribution in [2.75, 3.05) is 26.2 Å². The fourth-order valence-corrected chi connectivity index (χ4v) is 4.98. The molecule has 7 heteroatoms. The Morgan fingerprint density at radius 1 is 0.892 bits per heavy atom. The maximum Gasteiger partial charge on any atom is 0.254 e. The van der Waals surface area contributed by atoms with Crippen molar-refractivity contribution in [2.24, 2.45) is 5.92 Å². The number of nitrogens with zero attached hydrogens (tertiary/aromatic N) is 3. The summed E-state index contributed by atoms with van der Waals surface area (Å²) >= 11 is 0. The second-order valence-electron chi connectivity index (χ2n) is 9.77. The third-order valence-electron chi connectivity index (χ3n) is 7.13. The van der Waals surface area contributed by atoms with Crippen LogP contribution in [0.2, 0.25) is 0 Å². The van der Waals surface area contributed by atoms with Crippen LogP contribution in [0.25, 0.3) is 10.9 Å². The Bertz CT molecular complexity index is 1350. The molecular weight excluding hydrogens is 464 g/mol. The van der Waals surface area contributed by atoms with Gasteiger partial charge in [0, 0.05) is 49.0 Å². The first-order valence-electron chi connectivity index (χ1n) is 12.9. The van der Waals surface area contributed by atoms with Crippen molar-refractivity contribution in [2.45, 2.75) is 18.9 Å². The van der Waals surface area contributed by atoms with Gasteiger partial charge in [0.2, 0.25) is 0 Å². The summed E-state index contributed by atoms with van der Waals surface area (Å²) in [7, 11) is 0. The molecule has 1 N–H and O–H groups in total. The maximum absolute atomic E-state index is 13.6. The number of hydrogen-bond acceptors (Lipinski definition) is 6. The molecule has 3 aromatic carbocycles. The van der Waals surface area contributed by atoms with E-state index >= 15 is 0 Å². The normalized spacial score (nSPS) is 18.1. The highest BCUT2D eigenvalue weighted by atomic mass is 16.9. The molecule has 4 aromatic rings. The maximum atomic E-state index is 13.6. The minimum Gasteiger partial charge on any atom is -0.374 e. The lowest BCUT2D eigenvalue weighted by atomic mass is 10.0. The lowest BCUT2D eigenvalue weighted by Gasteiger charge is -2.42. The Hall–Kier alpha value is -3.94. The molecule has 7 nitrogen and oxygen atoms in total. The number of benzene rings is 3. The monoisotopic (exact) mass is 494 g/mol. The number of amides is 1. The quantitative estimate of drug-likeness (QED) is 0.347.